The number of rotatable bonds is 4. The number of thiophene rings is 1. The zero-order valence-corrected chi connectivity index (χ0v) is 15.7. The molecule has 0 aliphatic carbocycles. The number of amides is 1. The third-order valence-electron chi connectivity index (χ3n) is 4.61. The average Bonchev–Trinajstić information content (AvgIpc) is 3.37. The number of carbonyl (C=O) groups excluding carboxylic acids is 1. The van der Waals surface area contributed by atoms with Gasteiger partial charge in [0, 0.05) is 32.4 Å². The molecular formula is C19H20N4O3S. The molecule has 0 bridgehead atoms. The topological polar surface area (TPSA) is 82.7 Å². The van der Waals surface area contributed by atoms with E-state index in [1.165, 1.54) is 11.3 Å². The Kier molecular flexibility index (Phi) is 4.91. The van der Waals surface area contributed by atoms with Crippen LogP contribution in [0.1, 0.15) is 29.1 Å². The van der Waals surface area contributed by atoms with Crippen LogP contribution in [0, 0.1) is 0 Å². The zero-order chi connectivity index (χ0) is 18.8. The SMILES string of the molecule is C[C@H](O)c1onc(-c2cccs2)c1C(=O)N1CCN(c2ccccn2)CC1. The number of aliphatic hydroxyl groups is 1. The summed E-state index contributed by atoms with van der Waals surface area (Å²) in [6.45, 7) is 4.13. The van der Waals surface area contributed by atoms with Gasteiger partial charge in [-0.1, -0.05) is 17.3 Å². The Balaban J connectivity index is 1.56. The van der Waals surface area contributed by atoms with Gasteiger partial charge in [-0.05, 0) is 30.5 Å². The largest absolute Gasteiger partial charge is 0.385 e. The maximum Gasteiger partial charge on any atom is 0.260 e. The summed E-state index contributed by atoms with van der Waals surface area (Å²) in [5.74, 6) is 0.977. The molecule has 1 atom stereocenters. The van der Waals surface area contributed by atoms with E-state index in [1.54, 1.807) is 18.0 Å². The maximum atomic E-state index is 13.2. The minimum absolute atomic E-state index is 0.156. The number of aromatic nitrogens is 2. The van der Waals surface area contributed by atoms with Gasteiger partial charge in [0.2, 0.25) is 0 Å². The first-order valence-corrected chi connectivity index (χ1v) is 9.70. The number of anilines is 1. The van der Waals surface area contributed by atoms with E-state index in [0.29, 0.717) is 37.4 Å². The molecule has 1 aliphatic heterocycles. The molecule has 1 N–H and O–H groups in total. The van der Waals surface area contributed by atoms with E-state index in [-0.39, 0.29) is 11.7 Å². The fourth-order valence-corrected chi connectivity index (χ4v) is 3.93. The summed E-state index contributed by atoms with van der Waals surface area (Å²) in [5.41, 5.74) is 0.858. The summed E-state index contributed by atoms with van der Waals surface area (Å²) >= 11 is 1.49. The third-order valence-corrected chi connectivity index (χ3v) is 5.48. The van der Waals surface area contributed by atoms with E-state index in [4.69, 9.17) is 4.52 Å². The molecule has 0 spiro atoms. The van der Waals surface area contributed by atoms with E-state index in [2.05, 4.69) is 15.0 Å². The third kappa shape index (κ3) is 3.45. The molecule has 0 unspecified atom stereocenters. The van der Waals surface area contributed by atoms with Gasteiger partial charge in [-0.3, -0.25) is 4.79 Å². The Morgan fingerprint density at radius 1 is 1.22 bits per heavy atom. The molecule has 3 aromatic heterocycles. The van der Waals surface area contributed by atoms with Crippen molar-refractivity contribution in [1.29, 1.82) is 0 Å². The van der Waals surface area contributed by atoms with Crippen molar-refractivity contribution in [2.45, 2.75) is 13.0 Å². The van der Waals surface area contributed by atoms with Gasteiger partial charge in [0.05, 0.1) is 4.88 Å². The van der Waals surface area contributed by atoms with E-state index in [1.807, 2.05) is 35.7 Å². The number of aliphatic hydroxyl groups excluding tert-OH is 1. The number of nitrogens with zero attached hydrogens (tertiary/aromatic N) is 4. The molecule has 1 saturated heterocycles. The van der Waals surface area contributed by atoms with Crippen LogP contribution >= 0.6 is 11.3 Å². The first-order valence-electron chi connectivity index (χ1n) is 8.82. The van der Waals surface area contributed by atoms with Crippen LogP contribution < -0.4 is 4.90 Å². The second-order valence-electron chi connectivity index (χ2n) is 6.39. The number of hydrogen-bond acceptors (Lipinski definition) is 7. The first-order chi connectivity index (χ1) is 13.1. The highest BCUT2D eigenvalue weighted by Gasteiger charge is 2.32. The molecule has 0 radical (unpaired) electrons. The smallest absolute Gasteiger partial charge is 0.260 e. The summed E-state index contributed by atoms with van der Waals surface area (Å²) in [4.78, 5) is 22.4. The van der Waals surface area contributed by atoms with Crippen LogP contribution in [-0.2, 0) is 0 Å². The molecule has 1 amide bonds. The predicted molar refractivity (Wildman–Crippen MR) is 103 cm³/mol. The van der Waals surface area contributed by atoms with Crippen LogP contribution in [0.2, 0.25) is 0 Å². The first kappa shape index (κ1) is 17.7. The highest BCUT2D eigenvalue weighted by atomic mass is 32.1. The lowest BCUT2D eigenvalue weighted by atomic mass is 10.1. The predicted octanol–water partition coefficient (Wildman–Crippen LogP) is 2.81. The minimum atomic E-state index is -0.903. The Morgan fingerprint density at radius 2 is 2.04 bits per heavy atom. The maximum absolute atomic E-state index is 13.2. The number of hydrogen-bond donors (Lipinski definition) is 1. The Hall–Kier alpha value is -2.71. The quantitative estimate of drug-likeness (QED) is 0.745. The van der Waals surface area contributed by atoms with Gasteiger partial charge in [-0.25, -0.2) is 4.98 Å². The van der Waals surface area contributed by atoms with Crippen molar-refractivity contribution in [1.82, 2.24) is 15.0 Å². The van der Waals surface area contributed by atoms with Crippen LogP contribution in [0.3, 0.4) is 0 Å². The molecule has 7 nitrogen and oxygen atoms in total. The lowest BCUT2D eigenvalue weighted by Crippen LogP contribution is -2.49. The lowest BCUT2D eigenvalue weighted by Gasteiger charge is -2.35. The van der Waals surface area contributed by atoms with Crippen LogP contribution in [0.25, 0.3) is 10.6 Å². The molecule has 0 aromatic carbocycles. The second-order valence-corrected chi connectivity index (χ2v) is 7.34. The normalized spacial score (nSPS) is 15.8. The van der Waals surface area contributed by atoms with Crippen LogP contribution in [0.4, 0.5) is 5.82 Å². The van der Waals surface area contributed by atoms with Crippen molar-refractivity contribution in [2.75, 3.05) is 31.1 Å². The zero-order valence-electron chi connectivity index (χ0n) is 14.9. The minimum Gasteiger partial charge on any atom is -0.385 e. The molecule has 8 heteroatoms. The van der Waals surface area contributed by atoms with E-state index in [9.17, 15) is 9.90 Å². The Bertz CT molecular complexity index is 900. The van der Waals surface area contributed by atoms with Gasteiger partial charge in [-0.2, -0.15) is 0 Å². The summed E-state index contributed by atoms with van der Waals surface area (Å²) in [6, 6.07) is 9.61. The van der Waals surface area contributed by atoms with Gasteiger partial charge in [0.15, 0.2) is 5.76 Å². The molecule has 27 heavy (non-hydrogen) atoms. The number of pyridine rings is 1. The number of carbonyl (C=O) groups is 1. The highest BCUT2D eigenvalue weighted by Crippen LogP contribution is 2.33. The summed E-state index contributed by atoms with van der Waals surface area (Å²) < 4.78 is 5.32. The van der Waals surface area contributed by atoms with Gasteiger partial charge in [0.25, 0.3) is 5.91 Å². The molecule has 3 aromatic rings. The van der Waals surface area contributed by atoms with Crippen LogP contribution in [0.5, 0.6) is 0 Å². The van der Waals surface area contributed by atoms with Crippen molar-refractivity contribution in [3.05, 3.63) is 53.2 Å². The fraction of sp³-hybridized carbons (Fsp3) is 0.316. The van der Waals surface area contributed by atoms with Crippen LogP contribution in [0.15, 0.2) is 46.4 Å². The Labute approximate surface area is 160 Å². The summed E-state index contributed by atoms with van der Waals surface area (Å²) in [7, 11) is 0. The second kappa shape index (κ2) is 7.50. The van der Waals surface area contributed by atoms with Gasteiger partial charge in [0.1, 0.15) is 23.2 Å². The molecule has 4 heterocycles. The van der Waals surface area contributed by atoms with Crippen molar-refractivity contribution in [3.63, 3.8) is 0 Å². The van der Waals surface area contributed by atoms with Gasteiger partial charge >= 0.3 is 0 Å². The molecule has 0 saturated carbocycles. The van der Waals surface area contributed by atoms with Crippen molar-refractivity contribution in [2.24, 2.45) is 0 Å². The van der Waals surface area contributed by atoms with Crippen molar-refractivity contribution < 1.29 is 14.4 Å². The Morgan fingerprint density at radius 3 is 2.67 bits per heavy atom. The highest BCUT2D eigenvalue weighted by molar-refractivity contribution is 7.13. The van der Waals surface area contributed by atoms with Gasteiger partial charge < -0.3 is 19.4 Å². The monoisotopic (exact) mass is 384 g/mol. The molecule has 140 valence electrons. The van der Waals surface area contributed by atoms with E-state index < -0.39 is 6.10 Å². The molecular weight excluding hydrogens is 364 g/mol. The fourth-order valence-electron chi connectivity index (χ4n) is 3.21. The van der Waals surface area contributed by atoms with E-state index in [0.717, 1.165) is 10.7 Å². The lowest BCUT2D eigenvalue weighted by molar-refractivity contribution is 0.0735. The molecule has 4 rings (SSSR count). The standard InChI is InChI=1S/C19H20N4O3S/c1-13(24)18-16(17(21-26-18)14-5-4-12-27-14)19(25)23-10-8-22(9-11-23)15-6-2-3-7-20-15/h2-7,12-13,24H,8-11H2,1H3/t13-/m0/s1. The van der Waals surface area contributed by atoms with E-state index >= 15 is 0 Å². The molecule has 1 aliphatic rings. The van der Waals surface area contributed by atoms with Crippen molar-refractivity contribution in [3.8, 4) is 10.6 Å². The summed E-state index contributed by atoms with van der Waals surface area (Å²) in [5, 5.41) is 16.0. The van der Waals surface area contributed by atoms with Crippen molar-refractivity contribution >= 4 is 23.1 Å². The summed E-state index contributed by atoms with van der Waals surface area (Å²) in [6.07, 6.45) is 0.867. The number of piperazine rings is 1. The average molecular weight is 384 g/mol. The van der Waals surface area contributed by atoms with Gasteiger partial charge in [-0.15, -0.1) is 11.3 Å². The molecule has 1 fully saturated rings. The van der Waals surface area contributed by atoms with Crippen LogP contribution in [-0.4, -0.2) is 52.2 Å².